The van der Waals surface area contributed by atoms with Crippen LogP contribution in [0.4, 0.5) is 11.6 Å². The number of rotatable bonds is 6. The molecule has 3 aromatic rings. The molecule has 2 aliphatic rings. The Morgan fingerprint density at radius 2 is 1.82 bits per heavy atom. The van der Waals surface area contributed by atoms with E-state index in [1.54, 1.807) is 4.90 Å². The van der Waals surface area contributed by atoms with Gasteiger partial charge in [0, 0.05) is 31.4 Å². The standard InChI is InChI=1S/C26H25ClN4O3/c27-21-18-28-26(30-12-4-5-13-30)29-24(21)25(32)31(14-6-9-19-7-2-1-3-8-19)20-10-11-22-23(17-20)34-16-15-33-22/h1-3,6-11,17-18H,4-5,12-16H2/b9-6+. The van der Waals surface area contributed by atoms with Gasteiger partial charge in [-0.3, -0.25) is 4.79 Å². The van der Waals surface area contributed by atoms with Crippen LogP contribution in [0.25, 0.3) is 6.08 Å². The fourth-order valence-corrected chi connectivity index (χ4v) is 4.24. The molecule has 0 spiro atoms. The Bertz CT molecular complexity index is 1200. The summed E-state index contributed by atoms with van der Waals surface area (Å²) in [5, 5.41) is 0.225. The zero-order valence-corrected chi connectivity index (χ0v) is 19.4. The number of halogens is 1. The predicted molar refractivity (Wildman–Crippen MR) is 133 cm³/mol. The van der Waals surface area contributed by atoms with Crippen LogP contribution in [-0.4, -0.2) is 48.7 Å². The quantitative estimate of drug-likeness (QED) is 0.506. The molecule has 1 fully saturated rings. The highest BCUT2D eigenvalue weighted by Gasteiger charge is 2.25. The van der Waals surface area contributed by atoms with Gasteiger partial charge in [-0.15, -0.1) is 0 Å². The van der Waals surface area contributed by atoms with E-state index in [2.05, 4.69) is 14.9 Å². The lowest BCUT2D eigenvalue weighted by molar-refractivity contribution is 0.0985. The highest BCUT2D eigenvalue weighted by atomic mass is 35.5. The first-order chi connectivity index (χ1) is 16.7. The number of carbonyl (C=O) groups excluding carboxylic acids is 1. The molecule has 0 saturated carbocycles. The van der Waals surface area contributed by atoms with Crippen molar-refractivity contribution in [3.63, 3.8) is 0 Å². The number of nitrogens with zero attached hydrogens (tertiary/aromatic N) is 4. The summed E-state index contributed by atoms with van der Waals surface area (Å²) in [5.74, 6) is 1.51. The van der Waals surface area contributed by atoms with Crippen molar-refractivity contribution in [1.29, 1.82) is 0 Å². The smallest absolute Gasteiger partial charge is 0.278 e. The molecule has 1 aromatic heterocycles. The second kappa shape index (κ2) is 10.1. The number of hydrogen-bond acceptors (Lipinski definition) is 6. The van der Waals surface area contributed by atoms with Gasteiger partial charge < -0.3 is 19.3 Å². The van der Waals surface area contributed by atoms with Crippen molar-refractivity contribution in [3.8, 4) is 11.5 Å². The van der Waals surface area contributed by atoms with Crippen molar-refractivity contribution < 1.29 is 14.3 Å². The minimum Gasteiger partial charge on any atom is -0.486 e. The lowest BCUT2D eigenvalue weighted by Crippen LogP contribution is -2.33. The Balaban J connectivity index is 1.48. The minimum atomic E-state index is -0.303. The molecule has 1 amide bonds. The summed E-state index contributed by atoms with van der Waals surface area (Å²) in [6.07, 6.45) is 7.61. The van der Waals surface area contributed by atoms with Crippen LogP contribution < -0.4 is 19.3 Å². The van der Waals surface area contributed by atoms with E-state index in [1.165, 1.54) is 6.20 Å². The number of ether oxygens (including phenoxy) is 2. The monoisotopic (exact) mass is 476 g/mol. The molecule has 2 aliphatic heterocycles. The topological polar surface area (TPSA) is 67.8 Å². The summed E-state index contributed by atoms with van der Waals surface area (Å²) in [5.41, 5.74) is 1.90. The third kappa shape index (κ3) is 4.84. The van der Waals surface area contributed by atoms with Crippen molar-refractivity contribution in [2.75, 3.05) is 42.6 Å². The van der Waals surface area contributed by atoms with E-state index in [9.17, 15) is 4.79 Å². The van der Waals surface area contributed by atoms with Gasteiger partial charge >= 0.3 is 0 Å². The van der Waals surface area contributed by atoms with Crippen LogP contribution >= 0.6 is 11.6 Å². The van der Waals surface area contributed by atoms with Crippen molar-refractivity contribution in [2.24, 2.45) is 0 Å². The van der Waals surface area contributed by atoms with Crippen LogP contribution in [0.5, 0.6) is 11.5 Å². The van der Waals surface area contributed by atoms with Gasteiger partial charge in [-0.05, 0) is 30.5 Å². The molecule has 7 nitrogen and oxygen atoms in total. The fraction of sp³-hybridized carbons (Fsp3) is 0.269. The Morgan fingerprint density at radius 3 is 2.62 bits per heavy atom. The van der Waals surface area contributed by atoms with Crippen molar-refractivity contribution in [2.45, 2.75) is 12.8 Å². The van der Waals surface area contributed by atoms with Crippen LogP contribution in [0.3, 0.4) is 0 Å². The molecule has 0 atom stereocenters. The minimum absolute atomic E-state index is 0.182. The Labute approximate surface area is 203 Å². The number of fused-ring (bicyclic) bond motifs is 1. The SMILES string of the molecule is O=C(c1nc(N2CCCC2)ncc1Cl)N(C/C=C/c1ccccc1)c1ccc2c(c1)OCCO2. The van der Waals surface area contributed by atoms with Gasteiger partial charge in [-0.25, -0.2) is 9.97 Å². The summed E-state index contributed by atoms with van der Waals surface area (Å²) in [6.45, 7) is 3.05. The van der Waals surface area contributed by atoms with Crippen molar-refractivity contribution in [3.05, 3.63) is 77.1 Å². The molecule has 0 aliphatic carbocycles. The van der Waals surface area contributed by atoms with E-state index in [4.69, 9.17) is 21.1 Å². The summed E-state index contributed by atoms with van der Waals surface area (Å²) < 4.78 is 11.4. The second-order valence-electron chi connectivity index (χ2n) is 8.12. The number of amides is 1. The van der Waals surface area contributed by atoms with Crippen molar-refractivity contribution in [1.82, 2.24) is 9.97 Å². The Kier molecular flexibility index (Phi) is 6.62. The average molecular weight is 477 g/mol. The molecule has 0 unspecified atom stereocenters. The number of carbonyl (C=O) groups is 1. The number of hydrogen-bond donors (Lipinski definition) is 0. The van der Waals surface area contributed by atoms with E-state index in [1.807, 2.05) is 60.7 Å². The molecule has 8 heteroatoms. The molecule has 0 N–H and O–H groups in total. The van der Waals surface area contributed by atoms with Gasteiger partial charge in [0.1, 0.15) is 13.2 Å². The molecule has 34 heavy (non-hydrogen) atoms. The summed E-state index contributed by atoms with van der Waals surface area (Å²) >= 11 is 6.42. The van der Waals surface area contributed by atoms with E-state index >= 15 is 0 Å². The largest absolute Gasteiger partial charge is 0.486 e. The molecule has 5 rings (SSSR count). The molecular weight excluding hydrogens is 452 g/mol. The zero-order valence-electron chi connectivity index (χ0n) is 18.7. The maximum atomic E-state index is 13.8. The number of anilines is 2. The van der Waals surface area contributed by atoms with Gasteiger partial charge in [0.25, 0.3) is 5.91 Å². The van der Waals surface area contributed by atoms with Gasteiger partial charge in [0.05, 0.1) is 11.2 Å². The first kappa shape index (κ1) is 22.2. The Morgan fingerprint density at radius 1 is 1.06 bits per heavy atom. The molecule has 3 heterocycles. The van der Waals surface area contributed by atoms with Crippen LogP contribution in [0.2, 0.25) is 5.02 Å². The highest BCUT2D eigenvalue weighted by Crippen LogP contribution is 2.35. The normalized spacial score (nSPS) is 15.0. The molecule has 0 bridgehead atoms. The van der Waals surface area contributed by atoms with Crippen LogP contribution in [-0.2, 0) is 0 Å². The highest BCUT2D eigenvalue weighted by molar-refractivity contribution is 6.34. The maximum absolute atomic E-state index is 13.8. The van der Waals surface area contributed by atoms with E-state index in [0.29, 0.717) is 42.9 Å². The van der Waals surface area contributed by atoms with E-state index in [0.717, 1.165) is 31.5 Å². The van der Waals surface area contributed by atoms with Crippen molar-refractivity contribution >= 4 is 35.2 Å². The summed E-state index contributed by atoms with van der Waals surface area (Å²) in [6, 6.07) is 15.4. The second-order valence-corrected chi connectivity index (χ2v) is 8.52. The third-order valence-electron chi connectivity index (χ3n) is 5.80. The van der Waals surface area contributed by atoms with Crippen LogP contribution in [0.15, 0.2) is 60.8 Å². The first-order valence-corrected chi connectivity index (χ1v) is 11.8. The number of aromatic nitrogens is 2. The fourth-order valence-electron chi connectivity index (χ4n) is 4.07. The maximum Gasteiger partial charge on any atom is 0.278 e. The van der Waals surface area contributed by atoms with Gasteiger partial charge in [0.15, 0.2) is 17.2 Å². The lowest BCUT2D eigenvalue weighted by atomic mass is 10.2. The van der Waals surface area contributed by atoms with E-state index < -0.39 is 0 Å². The Hall–Kier alpha value is -3.58. The molecular formula is C26H25ClN4O3. The zero-order chi connectivity index (χ0) is 23.3. The van der Waals surface area contributed by atoms with Gasteiger partial charge in [0.2, 0.25) is 5.95 Å². The van der Waals surface area contributed by atoms with Gasteiger partial charge in [-0.2, -0.15) is 0 Å². The molecule has 174 valence electrons. The van der Waals surface area contributed by atoms with Crippen LogP contribution in [0, 0.1) is 0 Å². The predicted octanol–water partition coefficient (Wildman–Crippen LogP) is 4.86. The van der Waals surface area contributed by atoms with Crippen LogP contribution in [0.1, 0.15) is 28.9 Å². The summed E-state index contributed by atoms with van der Waals surface area (Å²) in [7, 11) is 0. The van der Waals surface area contributed by atoms with Gasteiger partial charge in [-0.1, -0.05) is 54.1 Å². The third-order valence-corrected chi connectivity index (χ3v) is 6.08. The average Bonchev–Trinajstić information content (AvgIpc) is 3.42. The number of benzene rings is 2. The van der Waals surface area contributed by atoms with E-state index in [-0.39, 0.29) is 16.6 Å². The lowest BCUT2D eigenvalue weighted by Gasteiger charge is -2.25. The summed E-state index contributed by atoms with van der Waals surface area (Å²) in [4.78, 5) is 26.4. The molecule has 2 aromatic carbocycles. The molecule has 1 saturated heterocycles. The first-order valence-electron chi connectivity index (χ1n) is 11.4. The molecule has 0 radical (unpaired) electrons.